The molecular weight excluding hydrogens is 472 g/mol. The number of benzene rings is 1. The number of rotatable bonds is 9. The highest BCUT2D eigenvalue weighted by Gasteiger charge is 2.34. The van der Waals surface area contributed by atoms with Crippen molar-refractivity contribution in [2.75, 3.05) is 19.8 Å². The standard InChI is InChI=1S/C27H32N6O4/c1-18-6-2-7-19-14-23(27(34)28-24(18)19)25(26-29-30-31-33(26)17-22-10-5-13-37-22)32(15-20-8-3-11-35-20)16-21-9-4-12-36-21/h2-3,6-8,11,14,21-22,25H,4-5,9-10,12-13,15-17H2,1H3,(H,28,34)/t21-,22-,25+/m0/s1. The van der Waals surface area contributed by atoms with Crippen LogP contribution < -0.4 is 5.56 Å². The van der Waals surface area contributed by atoms with Gasteiger partial charge in [0.1, 0.15) is 11.8 Å². The molecule has 2 saturated heterocycles. The molecule has 3 atom stereocenters. The third-order valence-electron chi connectivity index (χ3n) is 7.38. The van der Waals surface area contributed by atoms with Crippen LogP contribution in [0.1, 0.15) is 54.4 Å². The summed E-state index contributed by atoms with van der Waals surface area (Å²) in [5, 5.41) is 13.8. The first kappa shape index (κ1) is 24.0. The van der Waals surface area contributed by atoms with Crippen molar-refractivity contribution in [3.8, 4) is 0 Å². The van der Waals surface area contributed by atoms with E-state index >= 15 is 0 Å². The number of aryl methyl sites for hydroxylation is 1. The summed E-state index contributed by atoms with van der Waals surface area (Å²) in [6.07, 6.45) is 5.76. The SMILES string of the molecule is Cc1cccc2cc([C@H](c3nnnn3C[C@@H]3CCCO3)N(Cc3ccco3)C[C@@H]3CCCO3)c(=O)[nH]c12. The fraction of sp³-hybridized carbons (Fsp3) is 0.481. The number of aromatic amines is 1. The number of hydrogen-bond acceptors (Lipinski definition) is 8. The Hall–Kier alpha value is -3.34. The summed E-state index contributed by atoms with van der Waals surface area (Å²) in [6, 6.07) is 11.3. The molecule has 0 aliphatic carbocycles. The van der Waals surface area contributed by atoms with Crippen molar-refractivity contribution < 1.29 is 13.9 Å². The number of H-pyrrole nitrogens is 1. The lowest BCUT2D eigenvalue weighted by Gasteiger charge is -2.32. The summed E-state index contributed by atoms with van der Waals surface area (Å²) in [5.41, 5.74) is 2.29. The number of hydrogen-bond donors (Lipinski definition) is 1. The van der Waals surface area contributed by atoms with Crippen LogP contribution >= 0.6 is 0 Å². The molecule has 2 fully saturated rings. The molecule has 0 spiro atoms. The first-order valence-corrected chi connectivity index (χ1v) is 13.0. The van der Waals surface area contributed by atoms with E-state index in [1.165, 1.54) is 0 Å². The monoisotopic (exact) mass is 504 g/mol. The second-order valence-corrected chi connectivity index (χ2v) is 9.99. The minimum atomic E-state index is -0.514. The van der Waals surface area contributed by atoms with E-state index in [0.717, 1.165) is 61.1 Å². The Kier molecular flexibility index (Phi) is 6.86. The number of nitrogens with one attached hydrogen (secondary N) is 1. The van der Waals surface area contributed by atoms with Gasteiger partial charge < -0.3 is 18.9 Å². The zero-order valence-corrected chi connectivity index (χ0v) is 21.0. The molecule has 3 aromatic heterocycles. The van der Waals surface area contributed by atoms with E-state index in [9.17, 15) is 4.79 Å². The quantitative estimate of drug-likeness (QED) is 0.369. The predicted octanol–water partition coefficient (Wildman–Crippen LogP) is 3.37. The number of para-hydroxylation sites is 1. The van der Waals surface area contributed by atoms with Gasteiger partial charge in [0.05, 0.1) is 37.1 Å². The van der Waals surface area contributed by atoms with E-state index in [-0.39, 0.29) is 17.8 Å². The van der Waals surface area contributed by atoms with Gasteiger partial charge in [0, 0.05) is 25.3 Å². The molecule has 2 aliphatic heterocycles. The van der Waals surface area contributed by atoms with E-state index in [1.807, 2.05) is 43.3 Å². The average molecular weight is 505 g/mol. The molecule has 5 heterocycles. The molecule has 0 saturated carbocycles. The van der Waals surface area contributed by atoms with Crippen LogP contribution in [-0.4, -0.2) is 62.1 Å². The fourth-order valence-electron chi connectivity index (χ4n) is 5.53. The minimum Gasteiger partial charge on any atom is -0.468 e. The van der Waals surface area contributed by atoms with E-state index in [4.69, 9.17) is 13.9 Å². The van der Waals surface area contributed by atoms with Crippen LogP contribution in [0.15, 0.2) is 51.9 Å². The van der Waals surface area contributed by atoms with Crippen LogP contribution in [0.3, 0.4) is 0 Å². The Morgan fingerprint density at radius 3 is 2.73 bits per heavy atom. The Morgan fingerprint density at radius 2 is 1.97 bits per heavy atom. The first-order valence-electron chi connectivity index (χ1n) is 13.0. The summed E-state index contributed by atoms with van der Waals surface area (Å²) >= 11 is 0. The fourth-order valence-corrected chi connectivity index (χ4v) is 5.53. The van der Waals surface area contributed by atoms with Gasteiger partial charge in [-0.1, -0.05) is 18.2 Å². The molecular formula is C27H32N6O4. The highest BCUT2D eigenvalue weighted by Crippen LogP contribution is 2.31. The van der Waals surface area contributed by atoms with Crippen LogP contribution in [-0.2, 0) is 22.6 Å². The van der Waals surface area contributed by atoms with Crippen molar-refractivity contribution >= 4 is 10.9 Å². The van der Waals surface area contributed by atoms with Gasteiger partial charge in [-0.3, -0.25) is 9.69 Å². The molecule has 0 bridgehead atoms. The number of furan rings is 1. The average Bonchev–Trinajstić information content (AvgIpc) is 3.71. The first-order chi connectivity index (χ1) is 18.2. The molecule has 2 aliphatic rings. The molecule has 6 rings (SSSR count). The Labute approximate surface area is 214 Å². The Bertz CT molecular complexity index is 1390. The normalized spacial score (nSPS) is 20.8. The number of aromatic nitrogens is 5. The van der Waals surface area contributed by atoms with Gasteiger partial charge in [-0.15, -0.1) is 5.10 Å². The van der Waals surface area contributed by atoms with Gasteiger partial charge >= 0.3 is 0 Å². The van der Waals surface area contributed by atoms with Crippen molar-refractivity contribution in [2.45, 2.75) is 63.9 Å². The maximum Gasteiger partial charge on any atom is 0.253 e. The largest absolute Gasteiger partial charge is 0.468 e. The van der Waals surface area contributed by atoms with Gasteiger partial charge in [-0.05, 0) is 72.2 Å². The van der Waals surface area contributed by atoms with Gasteiger partial charge in [0.2, 0.25) is 0 Å². The van der Waals surface area contributed by atoms with Crippen molar-refractivity contribution in [1.29, 1.82) is 0 Å². The summed E-state index contributed by atoms with van der Waals surface area (Å²) in [6.45, 7) is 5.13. The molecule has 10 heteroatoms. The highest BCUT2D eigenvalue weighted by atomic mass is 16.5. The summed E-state index contributed by atoms with van der Waals surface area (Å²) in [5.74, 6) is 1.41. The lowest BCUT2D eigenvalue weighted by molar-refractivity contribution is 0.0528. The highest BCUT2D eigenvalue weighted by molar-refractivity contribution is 5.82. The molecule has 4 aromatic rings. The maximum absolute atomic E-state index is 13.7. The summed E-state index contributed by atoms with van der Waals surface area (Å²) < 4.78 is 19.4. The van der Waals surface area contributed by atoms with Crippen molar-refractivity contribution in [3.63, 3.8) is 0 Å². The molecule has 10 nitrogen and oxygen atoms in total. The van der Waals surface area contributed by atoms with Gasteiger partial charge in [-0.2, -0.15) is 0 Å². The molecule has 1 N–H and O–H groups in total. The van der Waals surface area contributed by atoms with Gasteiger partial charge in [-0.25, -0.2) is 4.68 Å². The van der Waals surface area contributed by atoms with Crippen LogP contribution in [0.5, 0.6) is 0 Å². The van der Waals surface area contributed by atoms with Crippen LogP contribution in [0.2, 0.25) is 0 Å². The smallest absolute Gasteiger partial charge is 0.253 e. The summed E-state index contributed by atoms with van der Waals surface area (Å²) in [4.78, 5) is 19.0. The third kappa shape index (κ3) is 5.09. The zero-order chi connectivity index (χ0) is 25.2. The third-order valence-corrected chi connectivity index (χ3v) is 7.38. The predicted molar refractivity (Wildman–Crippen MR) is 136 cm³/mol. The number of tetrazole rings is 1. The molecule has 0 radical (unpaired) electrons. The second-order valence-electron chi connectivity index (χ2n) is 9.99. The van der Waals surface area contributed by atoms with E-state index in [1.54, 1.807) is 10.9 Å². The van der Waals surface area contributed by atoms with Crippen molar-refractivity contribution in [2.24, 2.45) is 0 Å². The lowest BCUT2D eigenvalue weighted by atomic mass is 10.0. The number of fused-ring (bicyclic) bond motifs is 1. The second kappa shape index (κ2) is 10.6. The molecule has 0 amide bonds. The molecule has 1 aromatic carbocycles. The minimum absolute atomic E-state index is 0.0529. The van der Waals surface area contributed by atoms with E-state index < -0.39 is 6.04 Å². The number of nitrogens with zero attached hydrogens (tertiary/aromatic N) is 5. The van der Waals surface area contributed by atoms with E-state index in [0.29, 0.717) is 31.0 Å². The zero-order valence-electron chi connectivity index (χ0n) is 21.0. The summed E-state index contributed by atoms with van der Waals surface area (Å²) in [7, 11) is 0. The molecule has 37 heavy (non-hydrogen) atoms. The lowest BCUT2D eigenvalue weighted by Crippen LogP contribution is -2.39. The van der Waals surface area contributed by atoms with Crippen molar-refractivity contribution in [3.05, 3.63) is 75.7 Å². The van der Waals surface area contributed by atoms with Gasteiger partial charge in [0.25, 0.3) is 5.56 Å². The molecule has 194 valence electrons. The Morgan fingerprint density at radius 1 is 1.14 bits per heavy atom. The molecule has 0 unspecified atom stereocenters. The van der Waals surface area contributed by atoms with E-state index in [2.05, 4.69) is 25.4 Å². The maximum atomic E-state index is 13.7. The van der Waals surface area contributed by atoms with Crippen LogP contribution in [0.25, 0.3) is 10.9 Å². The Balaban J connectivity index is 1.47. The van der Waals surface area contributed by atoms with Crippen LogP contribution in [0.4, 0.5) is 0 Å². The number of pyridine rings is 1. The topological polar surface area (TPSA) is 111 Å². The van der Waals surface area contributed by atoms with Gasteiger partial charge in [0.15, 0.2) is 5.82 Å². The number of ether oxygens (including phenoxy) is 2. The van der Waals surface area contributed by atoms with Crippen LogP contribution in [0, 0.1) is 6.92 Å². The van der Waals surface area contributed by atoms with Crippen molar-refractivity contribution in [1.82, 2.24) is 30.1 Å².